The number of nitrogen functional groups attached to an aromatic ring is 1. The Kier molecular flexibility index (Phi) is 5.61. The van der Waals surface area contributed by atoms with Crippen LogP contribution in [0.1, 0.15) is 12.5 Å². The lowest BCUT2D eigenvalue weighted by Gasteiger charge is -2.13. The zero-order valence-electron chi connectivity index (χ0n) is 11.2. The maximum Gasteiger partial charge on any atom is 0.240 e. The molecule has 0 fully saturated rings. The highest BCUT2D eigenvalue weighted by Crippen LogP contribution is 2.25. The molecule has 1 aromatic carbocycles. The fourth-order valence-corrected chi connectivity index (χ4v) is 3.03. The van der Waals surface area contributed by atoms with E-state index in [4.69, 9.17) is 22.1 Å². The van der Waals surface area contributed by atoms with Crippen LogP contribution in [0.15, 0.2) is 17.0 Å². The van der Waals surface area contributed by atoms with Crippen molar-refractivity contribution in [1.29, 1.82) is 0 Å². The number of sulfonamides is 1. The van der Waals surface area contributed by atoms with Crippen molar-refractivity contribution in [2.45, 2.75) is 18.7 Å². The van der Waals surface area contributed by atoms with E-state index < -0.39 is 10.0 Å². The molecular weight excluding hydrogens is 288 g/mol. The van der Waals surface area contributed by atoms with Crippen molar-refractivity contribution in [2.75, 3.05) is 26.0 Å². The summed E-state index contributed by atoms with van der Waals surface area (Å²) < 4.78 is 31.6. The number of rotatable bonds is 6. The molecule has 3 N–H and O–H groups in total. The van der Waals surface area contributed by atoms with E-state index in [-0.39, 0.29) is 10.8 Å². The number of nitrogens with two attached hydrogens (primary N) is 1. The van der Waals surface area contributed by atoms with Crippen molar-refractivity contribution >= 4 is 27.3 Å². The van der Waals surface area contributed by atoms with E-state index in [1.54, 1.807) is 14.0 Å². The molecule has 0 heterocycles. The fraction of sp³-hybridized carbons (Fsp3) is 0.500. The van der Waals surface area contributed by atoms with E-state index in [1.807, 2.05) is 6.92 Å². The van der Waals surface area contributed by atoms with Crippen LogP contribution in [-0.4, -0.2) is 28.7 Å². The second-order valence-corrected chi connectivity index (χ2v) is 6.71. The molecule has 19 heavy (non-hydrogen) atoms. The standard InChI is InChI=1S/C12H19ClN2O3S/c1-8(7-18-3)6-15-19(16,17)10-4-11(13)9(2)12(14)5-10/h4-5,8,15H,6-7,14H2,1-3H3. The summed E-state index contributed by atoms with van der Waals surface area (Å²) in [6.45, 7) is 4.41. The zero-order chi connectivity index (χ0) is 14.6. The minimum absolute atomic E-state index is 0.0743. The Morgan fingerprint density at radius 1 is 1.47 bits per heavy atom. The first-order valence-electron chi connectivity index (χ1n) is 5.82. The number of benzene rings is 1. The van der Waals surface area contributed by atoms with Gasteiger partial charge in [-0.2, -0.15) is 0 Å². The van der Waals surface area contributed by atoms with Gasteiger partial charge in [-0.3, -0.25) is 0 Å². The van der Waals surface area contributed by atoms with E-state index in [0.717, 1.165) is 0 Å². The van der Waals surface area contributed by atoms with Gasteiger partial charge in [0.05, 0.1) is 4.90 Å². The predicted octanol–water partition coefficient (Wildman–Crippen LogP) is 1.79. The first kappa shape index (κ1) is 16.2. The first-order valence-corrected chi connectivity index (χ1v) is 7.68. The van der Waals surface area contributed by atoms with Crippen LogP contribution in [0, 0.1) is 12.8 Å². The van der Waals surface area contributed by atoms with Crippen molar-refractivity contribution < 1.29 is 13.2 Å². The van der Waals surface area contributed by atoms with Gasteiger partial charge < -0.3 is 10.5 Å². The summed E-state index contributed by atoms with van der Waals surface area (Å²) in [7, 11) is -2.03. The molecule has 1 unspecified atom stereocenters. The van der Waals surface area contributed by atoms with E-state index in [0.29, 0.717) is 29.4 Å². The van der Waals surface area contributed by atoms with E-state index in [2.05, 4.69) is 4.72 Å². The molecule has 0 saturated heterocycles. The molecule has 0 aliphatic heterocycles. The lowest BCUT2D eigenvalue weighted by atomic mass is 10.2. The van der Waals surface area contributed by atoms with Crippen LogP contribution < -0.4 is 10.5 Å². The molecular formula is C12H19ClN2O3S. The van der Waals surface area contributed by atoms with Crippen molar-refractivity contribution in [3.05, 3.63) is 22.7 Å². The Morgan fingerprint density at radius 2 is 2.11 bits per heavy atom. The summed E-state index contributed by atoms with van der Waals surface area (Å²) in [5, 5.41) is 0.338. The molecule has 0 aliphatic carbocycles. The van der Waals surface area contributed by atoms with Crippen LogP contribution in [0.3, 0.4) is 0 Å². The molecule has 1 atom stereocenters. The van der Waals surface area contributed by atoms with Gasteiger partial charge in [-0.25, -0.2) is 13.1 Å². The Bertz CT molecular complexity index is 523. The third-order valence-electron chi connectivity index (χ3n) is 2.74. The number of hydrogen-bond acceptors (Lipinski definition) is 4. The fourth-order valence-electron chi connectivity index (χ4n) is 1.51. The molecule has 0 spiro atoms. The Morgan fingerprint density at radius 3 is 2.63 bits per heavy atom. The number of anilines is 1. The van der Waals surface area contributed by atoms with Crippen molar-refractivity contribution in [3.63, 3.8) is 0 Å². The highest BCUT2D eigenvalue weighted by Gasteiger charge is 2.17. The van der Waals surface area contributed by atoms with Gasteiger partial charge in [0.15, 0.2) is 0 Å². The van der Waals surface area contributed by atoms with Gasteiger partial charge in [0.1, 0.15) is 0 Å². The monoisotopic (exact) mass is 306 g/mol. The molecule has 0 aliphatic rings. The predicted molar refractivity (Wildman–Crippen MR) is 76.8 cm³/mol. The smallest absolute Gasteiger partial charge is 0.240 e. The Labute approximate surface area is 119 Å². The number of methoxy groups -OCH3 is 1. The minimum Gasteiger partial charge on any atom is -0.398 e. The highest BCUT2D eigenvalue weighted by molar-refractivity contribution is 7.89. The van der Waals surface area contributed by atoms with Gasteiger partial charge in [0.2, 0.25) is 10.0 Å². The maximum atomic E-state index is 12.1. The zero-order valence-corrected chi connectivity index (χ0v) is 12.8. The number of halogens is 1. The van der Waals surface area contributed by atoms with Crippen LogP contribution in [0.5, 0.6) is 0 Å². The van der Waals surface area contributed by atoms with Crippen molar-refractivity contribution in [1.82, 2.24) is 4.72 Å². The second-order valence-electron chi connectivity index (χ2n) is 4.53. The molecule has 0 bridgehead atoms. The summed E-state index contributed by atoms with van der Waals surface area (Å²) in [6, 6.07) is 2.81. The summed E-state index contributed by atoms with van der Waals surface area (Å²) in [5.41, 5.74) is 6.76. The van der Waals surface area contributed by atoms with E-state index >= 15 is 0 Å². The lowest BCUT2D eigenvalue weighted by Crippen LogP contribution is -2.30. The van der Waals surface area contributed by atoms with Crippen molar-refractivity contribution in [2.24, 2.45) is 5.92 Å². The van der Waals surface area contributed by atoms with Gasteiger partial charge in [0.25, 0.3) is 0 Å². The molecule has 1 aromatic rings. The third-order valence-corrected chi connectivity index (χ3v) is 4.54. The summed E-state index contributed by atoms with van der Waals surface area (Å²) in [5.74, 6) is 0.0815. The van der Waals surface area contributed by atoms with Gasteiger partial charge in [-0.1, -0.05) is 18.5 Å². The van der Waals surface area contributed by atoms with Crippen LogP contribution in [0.25, 0.3) is 0 Å². The van der Waals surface area contributed by atoms with Crippen LogP contribution >= 0.6 is 11.6 Å². The number of ether oxygens (including phenoxy) is 1. The number of nitrogens with one attached hydrogen (secondary N) is 1. The molecule has 5 nitrogen and oxygen atoms in total. The molecule has 0 amide bonds. The van der Waals surface area contributed by atoms with Crippen LogP contribution in [0.2, 0.25) is 5.02 Å². The SMILES string of the molecule is COCC(C)CNS(=O)(=O)c1cc(N)c(C)c(Cl)c1. The lowest BCUT2D eigenvalue weighted by molar-refractivity contribution is 0.161. The summed E-state index contributed by atoms with van der Waals surface area (Å²) in [4.78, 5) is 0.0743. The van der Waals surface area contributed by atoms with Gasteiger partial charge >= 0.3 is 0 Å². The van der Waals surface area contributed by atoms with Crippen LogP contribution in [0.4, 0.5) is 5.69 Å². The first-order chi connectivity index (χ1) is 8.77. The molecule has 0 aromatic heterocycles. The van der Waals surface area contributed by atoms with Crippen molar-refractivity contribution in [3.8, 4) is 0 Å². The van der Waals surface area contributed by atoms with Gasteiger partial charge in [-0.15, -0.1) is 0 Å². The molecule has 7 heteroatoms. The minimum atomic E-state index is -3.61. The van der Waals surface area contributed by atoms with E-state index in [9.17, 15) is 8.42 Å². The average Bonchev–Trinajstić information content (AvgIpc) is 2.33. The topological polar surface area (TPSA) is 81.4 Å². The maximum absolute atomic E-state index is 12.1. The Balaban J connectivity index is 2.89. The Hall–Kier alpha value is -0.820. The summed E-state index contributed by atoms with van der Waals surface area (Å²) >= 11 is 5.95. The third kappa shape index (κ3) is 4.35. The largest absolute Gasteiger partial charge is 0.398 e. The van der Waals surface area contributed by atoms with E-state index in [1.165, 1.54) is 12.1 Å². The van der Waals surface area contributed by atoms with Crippen LogP contribution in [-0.2, 0) is 14.8 Å². The highest BCUT2D eigenvalue weighted by atomic mass is 35.5. The molecule has 1 rings (SSSR count). The summed E-state index contributed by atoms with van der Waals surface area (Å²) in [6.07, 6.45) is 0. The number of hydrogen-bond donors (Lipinski definition) is 2. The molecule has 0 radical (unpaired) electrons. The quantitative estimate of drug-likeness (QED) is 0.785. The second kappa shape index (κ2) is 6.56. The average molecular weight is 307 g/mol. The van der Waals surface area contributed by atoms with Gasteiger partial charge in [-0.05, 0) is 30.5 Å². The normalized spacial score (nSPS) is 13.5. The molecule has 0 saturated carbocycles. The molecule has 108 valence electrons. The van der Waals surface area contributed by atoms with Gasteiger partial charge in [0, 0.05) is 31.0 Å².